The van der Waals surface area contributed by atoms with Gasteiger partial charge in [0.1, 0.15) is 28.7 Å². The summed E-state index contributed by atoms with van der Waals surface area (Å²) in [6.07, 6.45) is 1.14. The van der Waals surface area contributed by atoms with Crippen LogP contribution in [0.2, 0.25) is 0 Å². The highest BCUT2D eigenvalue weighted by Gasteiger charge is 2.51. The van der Waals surface area contributed by atoms with Crippen molar-refractivity contribution in [2.75, 3.05) is 20.2 Å². The van der Waals surface area contributed by atoms with E-state index in [2.05, 4.69) is 19.2 Å². The summed E-state index contributed by atoms with van der Waals surface area (Å²) in [6.45, 7) is 12.5. The van der Waals surface area contributed by atoms with Crippen molar-refractivity contribution in [3.05, 3.63) is 23.8 Å². The first-order chi connectivity index (χ1) is 15.9. The number of amides is 2. The molecule has 1 aromatic carbocycles. The molecule has 0 spiro atoms. The molecule has 3 heterocycles. The zero-order valence-corrected chi connectivity index (χ0v) is 21.3. The van der Waals surface area contributed by atoms with Crippen molar-refractivity contribution in [1.82, 2.24) is 10.2 Å². The second-order valence-corrected chi connectivity index (χ2v) is 11.2. The second-order valence-electron chi connectivity index (χ2n) is 11.2. The maximum atomic E-state index is 13.1. The van der Waals surface area contributed by atoms with Crippen molar-refractivity contribution < 1.29 is 28.5 Å². The van der Waals surface area contributed by atoms with E-state index in [1.165, 1.54) is 0 Å². The average Bonchev–Trinajstić information content (AvgIpc) is 2.75. The summed E-state index contributed by atoms with van der Waals surface area (Å²) in [5.41, 5.74) is 0.0457. The number of hydrogen-bond donors (Lipinski definition) is 1. The fourth-order valence-electron chi connectivity index (χ4n) is 5.43. The van der Waals surface area contributed by atoms with Gasteiger partial charge in [-0.2, -0.15) is 0 Å². The molecule has 2 amide bonds. The predicted octanol–water partition coefficient (Wildman–Crippen LogP) is 4.07. The molecular formula is C26H38N2O6. The molecule has 0 aliphatic carbocycles. The zero-order valence-electron chi connectivity index (χ0n) is 21.3. The van der Waals surface area contributed by atoms with Crippen molar-refractivity contribution in [3.8, 4) is 11.5 Å². The topological polar surface area (TPSA) is 86.3 Å². The molecule has 188 valence electrons. The summed E-state index contributed by atoms with van der Waals surface area (Å²) in [7, 11) is 1.65. The van der Waals surface area contributed by atoms with E-state index in [1.807, 2.05) is 23.1 Å². The highest BCUT2D eigenvalue weighted by atomic mass is 16.6. The number of nitrogens with one attached hydrogen (secondary N) is 1. The number of carbonyl (C=O) groups excluding carboxylic acids is 2. The Labute approximate surface area is 202 Å². The zero-order chi connectivity index (χ0) is 24.8. The molecule has 1 N–H and O–H groups in total. The van der Waals surface area contributed by atoms with Gasteiger partial charge in [0.05, 0.1) is 19.3 Å². The maximum absolute atomic E-state index is 13.1. The van der Waals surface area contributed by atoms with Crippen molar-refractivity contribution in [3.63, 3.8) is 0 Å². The first-order valence-corrected chi connectivity index (χ1v) is 12.2. The van der Waals surface area contributed by atoms with E-state index in [0.29, 0.717) is 13.1 Å². The Morgan fingerprint density at radius 1 is 1.26 bits per heavy atom. The number of alkyl carbamates (subject to hydrolysis) is 1. The third-order valence-electron chi connectivity index (χ3n) is 7.12. The van der Waals surface area contributed by atoms with Gasteiger partial charge in [-0.3, -0.25) is 4.79 Å². The van der Waals surface area contributed by atoms with Crippen LogP contribution in [0.25, 0.3) is 0 Å². The molecule has 3 aliphatic heterocycles. The lowest BCUT2D eigenvalue weighted by molar-refractivity contribution is -0.189. The molecule has 2 saturated heterocycles. The van der Waals surface area contributed by atoms with Gasteiger partial charge >= 0.3 is 6.09 Å². The normalized spacial score (nSPS) is 28.4. The molecule has 0 saturated carbocycles. The lowest BCUT2D eigenvalue weighted by Crippen LogP contribution is -2.57. The standard InChI is InChI=1S/C26H38N2O6/c1-15(27-24(30)34-25(2,3)4)23(29)28-11-10-20-16(14-28)12-19-22(32-20)18-9-8-17(31-7)13-21(18)33-26(19,5)6/h8-9,13,15-16,19-20,22H,10-12,14H2,1-7H3,(H,27,30)/t15-,16+,19-,20-,22+/m0/s1. The number of ether oxygens (including phenoxy) is 4. The molecule has 4 rings (SSSR count). The minimum absolute atomic E-state index is 0.0408. The molecule has 5 atom stereocenters. The summed E-state index contributed by atoms with van der Waals surface area (Å²) >= 11 is 0. The van der Waals surface area contributed by atoms with Gasteiger partial charge in [0.25, 0.3) is 0 Å². The van der Waals surface area contributed by atoms with Gasteiger partial charge in [-0.15, -0.1) is 0 Å². The van der Waals surface area contributed by atoms with Crippen LogP contribution in [0.3, 0.4) is 0 Å². The van der Waals surface area contributed by atoms with Crippen LogP contribution in [-0.2, 0) is 14.3 Å². The van der Waals surface area contributed by atoms with Crippen LogP contribution in [0.5, 0.6) is 11.5 Å². The van der Waals surface area contributed by atoms with E-state index in [4.69, 9.17) is 18.9 Å². The van der Waals surface area contributed by atoms with E-state index in [0.717, 1.165) is 29.9 Å². The molecule has 8 heteroatoms. The second kappa shape index (κ2) is 8.95. The Bertz CT molecular complexity index is 940. The van der Waals surface area contributed by atoms with Crippen molar-refractivity contribution in [2.24, 2.45) is 11.8 Å². The van der Waals surface area contributed by atoms with Gasteiger partial charge in [0.2, 0.25) is 5.91 Å². The summed E-state index contributed by atoms with van der Waals surface area (Å²) < 4.78 is 23.8. The van der Waals surface area contributed by atoms with Crippen LogP contribution >= 0.6 is 0 Å². The Hall–Kier alpha value is -2.48. The van der Waals surface area contributed by atoms with Crippen LogP contribution in [0.4, 0.5) is 4.79 Å². The quantitative estimate of drug-likeness (QED) is 0.711. The number of methoxy groups -OCH3 is 1. The number of likely N-dealkylation sites (tertiary alicyclic amines) is 1. The minimum Gasteiger partial charge on any atom is -0.497 e. The van der Waals surface area contributed by atoms with Gasteiger partial charge in [0, 0.05) is 36.6 Å². The number of nitrogens with zero attached hydrogens (tertiary/aromatic N) is 1. The maximum Gasteiger partial charge on any atom is 0.408 e. The third kappa shape index (κ3) is 4.97. The van der Waals surface area contributed by atoms with Crippen molar-refractivity contribution >= 4 is 12.0 Å². The molecule has 34 heavy (non-hydrogen) atoms. The number of piperidine rings is 1. The molecule has 0 radical (unpaired) electrons. The first-order valence-electron chi connectivity index (χ1n) is 12.2. The van der Waals surface area contributed by atoms with Crippen LogP contribution in [0.1, 0.15) is 66.1 Å². The number of hydrogen-bond acceptors (Lipinski definition) is 6. The monoisotopic (exact) mass is 474 g/mol. The largest absolute Gasteiger partial charge is 0.497 e. The summed E-state index contributed by atoms with van der Waals surface area (Å²) in [5, 5.41) is 2.67. The number of carbonyl (C=O) groups is 2. The molecule has 8 nitrogen and oxygen atoms in total. The summed E-state index contributed by atoms with van der Waals surface area (Å²) in [6, 6.07) is 5.28. The Kier molecular flexibility index (Phi) is 6.48. The van der Waals surface area contributed by atoms with Crippen LogP contribution in [0.15, 0.2) is 18.2 Å². The van der Waals surface area contributed by atoms with Gasteiger partial charge in [-0.05, 0) is 66.5 Å². The summed E-state index contributed by atoms with van der Waals surface area (Å²) in [5.74, 6) is 1.88. The fourth-order valence-corrected chi connectivity index (χ4v) is 5.43. The molecule has 0 aromatic heterocycles. The van der Waals surface area contributed by atoms with E-state index >= 15 is 0 Å². The Morgan fingerprint density at radius 3 is 2.68 bits per heavy atom. The SMILES string of the molecule is COc1ccc2c(c1)OC(C)(C)[C@H]1C[C@@H]3CN(C(=O)[C@H](C)NC(=O)OC(C)(C)C)CC[C@@H]3O[C@H]21. The summed E-state index contributed by atoms with van der Waals surface area (Å²) in [4.78, 5) is 27.0. The molecule has 3 aliphatic rings. The minimum atomic E-state index is -0.653. The first kappa shape index (κ1) is 24.6. The highest BCUT2D eigenvalue weighted by Crippen LogP contribution is 2.53. The molecule has 0 bridgehead atoms. The lowest BCUT2D eigenvalue weighted by atomic mass is 9.70. The number of rotatable bonds is 3. The van der Waals surface area contributed by atoms with Crippen LogP contribution in [0, 0.1) is 11.8 Å². The highest BCUT2D eigenvalue weighted by molar-refractivity contribution is 5.85. The smallest absolute Gasteiger partial charge is 0.408 e. The average molecular weight is 475 g/mol. The molecular weight excluding hydrogens is 436 g/mol. The van der Waals surface area contributed by atoms with Gasteiger partial charge in [0.15, 0.2) is 0 Å². The Balaban J connectivity index is 1.44. The number of benzene rings is 1. The molecule has 2 fully saturated rings. The van der Waals surface area contributed by atoms with Crippen LogP contribution < -0.4 is 14.8 Å². The fraction of sp³-hybridized carbons (Fsp3) is 0.692. The van der Waals surface area contributed by atoms with E-state index in [1.54, 1.807) is 34.8 Å². The molecule has 1 aromatic rings. The third-order valence-corrected chi connectivity index (χ3v) is 7.12. The van der Waals surface area contributed by atoms with Crippen molar-refractivity contribution in [2.45, 2.75) is 83.8 Å². The predicted molar refractivity (Wildman–Crippen MR) is 127 cm³/mol. The van der Waals surface area contributed by atoms with Gasteiger partial charge in [-0.25, -0.2) is 4.79 Å². The van der Waals surface area contributed by atoms with E-state index in [-0.39, 0.29) is 30.0 Å². The van der Waals surface area contributed by atoms with E-state index < -0.39 is 23.3 Å². The Morgan fingerprint density at radius 2 is 2.00 bits per heavy atom. The molecule has 0 unspecified atom stereocenters. The number of fused-ring (bicyclic) bond motifs is 4. The van der Waals surface area contributed by atoms with Crippen LogP contribution in [-0.4, -0.2) is 60.4 Å². The van der Waals surface area contributed by atoms with E-state index in [9.17, 15) is 9.59 Å². The van der Waals surface area contributed by atoms with Gasteiger partial charge in [-0.1, -0.05) is 0 Å². The van der Waals surface area contributed by atoms with Crippen molar-refractivity contribution in [1.29, 1.82) is 0 Å². The lowest BCUT2D eigenvalue weighted by Gasteiger charge is -2.53. The van der Waals surface area contributed by atoms with Gasteiger partial charge < -0.3 is 29.2 Å².